The standard InChI is InChI=1S/C12H7ClF5N3/c13-7-5(19)2-6(20)11(10(7)18)21-12-8(16)3(14)1-4(15)9(12)17/h1-2,21H,19-20H2. The van der Waals surface area contributed by atoms with Crippen LogP contribution in [0.3, 0.4) is 0 Å². The summed E-state index contributed by atoms with van der Waals surface area (Å²) in [5.41, 5.74) is 8.34. The molecule has 0 bridgehead atoms. The molecule has 0 spiro atoms. The zero-order chi connectivity index (χ0) is 15.9. The molecule has 0 atom stereocenters. The molecule has 0 aliphatic rings. The van der Waals surface area contributed by atoms with Crippen molar-refractivity contribution in [2.75, 3.05) is 16.8 Å². The van der Waals surface area contributed by atoms with E-state index in [1.807, 2.05) is 5.32 Å². The van der Waals surface area contributed by atoms with Crippen molar-refractivity contribution in [2.24, 2.45) is 0 Å². The summed E-state index contributed by atoms with van der Waals surface area (Å²) < 4.78 is 67.0. The van der Waals surface area contributed by atoms with Crippen LogP contribution < -0.4 is 16.8 Å². The fourth-order valence-electron chi connectivity index (χ4n) is 1.60. The lowest BCUT2D eigenvalue weighted by molar-refractivity contribution is 0.459. The zero-order valence-corrected chi connectivity index (χ0v) is 10.8. The number of nitrogens with two attached hydrogens (primary N) is 2. The molecule has 9 heteroatoms. The lowest BCUT2D eigenvalue weighted by atomic mass is 10.2. The SMILES string of the molecule is Nc1cc(N)c(Nc2c(F)c(F)cc(F)c2F)c(F)c1Cl. The van der Waals surface area contributed by atoms with Crippen LogP contribution in [0.2, 0.25) is 5.02 Å². The smallest absolute Gasteiger partial charge is 0.185 e. The first-order valence-corrected chi connectivity index (χ1v) is 5.74. The molecule has 0 radical (unpaired) electrons. The molecule has 2 aromatic carbocycles. The number of anilines is 4. The first kappa shape index (κ1) is 15.2. The van der Waals surface area contributed by atoms with Crippen molar-refractivity contribution >= 4 is 34.4 Å². The Kier molecular flexibility index (Phi) is 3.82. The summed E-state index contributed by atoms with van der Waals surface area (Å²) in [6.45, 7) is 0. The summed E-state index contributed by atoms with van der Waals surface area (Å²) in [4.78, 5) is 0. The summed E-state index contributed by atoms with van der Waals surface area (Å²) in [6, 6.07) is 1.05. The summed E-state index contributed by atoms with van der Waals surface area (Å²) in [5, 5.41) is 1.31. The Morgan fingerprint density at radius 3 is 1.81 bits per heavy atom. The van der Waals surface area contributed by atoms with Gasteiger partial charge in [-0.25, -0.2) is 22.0 Å². The van der Waals surface area contributed by atoms with Crippen molar-refractivity contribution in [3.63, 3.8) is 0 Å². The van der Waals surface area contributed by atoms with Crippen LogP contribution in [0.5, 0.6) is 0 Å². The molecular weight excluding hydrogens is 317 g/mol. The number of benzene rings is 2. The van der Waals surface area contributed by atoms with Crippen LogP contribution in [0, 0.1) is 29.1 Å². The van der Waals surface area contributed by atoms with Crippen molar-refractivity contribution < 1.29 is 22.0 Å². The van der Waals surface area contributed by atoms with Crippen LogP contribution in [0.4, 0.5) is 44.7 Å². The molecule has 5 N–H and O–H groups in total. The summed E-state index contributed by atoms with van der Waals surface area (Å²) in [5.74, 6) is -7.99. The Labute approximate surface area is 120 Å². The number of hydrogen-bond donors (Lipinski definition) is 3. The van der Waals surface area contributed by atoms with Gasteiger partial charge in [0.25, 0.3) is 0 Å². The normalized spacial score (nSPS) is 10.8. The van der Waals surface area contributed by atoms with Gasteiger partial charge in [0.15, 0.2) is 29.1 Å². The summed E-state index contributed by atoms with van der Waals surface area (Å²) in [6.07, 6.45) is 0. The largest absolute Gasteiger partial charge is 0.397 e. The van der Waals surface area contributed by atoms with Gasteiger partial charge in [0, 0.05) is 6.07 Å². The van der Waals surface area contributed by atoms with Crippen LogP contribution in [-0.2, 0) is 0 Å². The topological polar surface area (TPSA) is 64.1 Å². The van der Waals surface area contributed by atoms with Crippen LogP contribution in [-0.4, -0.2) is 0 Å². The van der Waals surface area contributed by atoms with Gasteiger partial charge in [-0.3, -0.25) is 0 Å². The van der Waals surface area contributed by atoms with E-state index in [0.717, 1.165) is 6.07 Å². The van der Waals surface area contributed by atoms with E-state index in [1.165, 1.54) is 0 Å². The van der Waals surface area contributed by atoms with Gasteiger partial charge in [-0.15, -0.1) is 0 Å². The van der Waals surface area contributed by atoms with Crippen LogP contribution in [0.25, 0.3) is 0 Å². The fourth-order valence-corrected chi connectivity index (χ4v) is 1.75. The number of hydrogen-bond acceptors (Lipinski definition) is 3. The maximum atomic E-state index is 13.9. The molecule has 0 unspecified atom stereocenters. The van der Waals surface area contributed by atoms with Gasteiger partial charge in [-0.2, -0.15) is 0 Å². The van der Waals surface area contributed by atoms with Crippen molar-refractivity contribution in [1.29, 1.82) is 0 Å². The predicted molar refractivity (Wildman–Crippen MR) is 69.8 cm³/mol. The quantitative estimate of drug-likeness (QED) is 0.445. The summed E-state index contributed by atoms with van der Waals surface area (Å²) in [7, 11) is 0. The minimum absolute atomic E-state index is 0.0194. The molecule has 0 saturated heterocycles. The average molecular weight is 324 g/mol. The Balaban J connectivity index is 2.62. The Morgan fingerprint density at radius 2 is 1.29 bits per heavy atom. The van der Waals surface area contributed by atoms with Gasteiger partial charge in [-0.05, 0) is 6.07 Å². The third kappa shape index (κ3) is 2.54. The minimum Gasteiger partial charge on any atom is -0.397 e. The van der Waals surface area contributed by atoms with Crippen molar-refractivity contribution in [2.45, 2.75) is 0 Å². The number of nitrogen functional groups attached to an aromatic ring is 2. The van der Waals surface area contributed by atoms with Gasteiger partial charge in [0.1, 0.15) is 10.7 Å². The first-order chi connectivity index (χ1) is 9.73. The van der Waals surface area contributed by atoms with E-state index in [9.17, 15) is 22.0 Å². The predicted octanol–water partition coefficient (Wildman–Crippen LogP) is 3.94. The molecule has 2 aromatic rings. The molecule has 0 amide bonds. The van der Waals surface area contributed by atoms with Crippen molar-refractivity contribution in [1.82, 2.24) is 0 Å². The molecule has 2 rings (SSSR count). The van der Waals surface area contributed by atoms with Gasteiger partial charge < -0.3 is 16.8 Å². The first-order valence-electron chi connectivity index (χ1n) is 5.37. The highest BCUT2D eigenvalue weighted by atomic mass is 35.5. The molecule has 0 heterocycles. The van der Waals surface area contributed by atoms with Crippen LogP contribution in [0.15, 0.2) is 12.1 Å². The monoisotopic (exact) mass is 323 g/mol. The number of nitrogens with one attached hydrogen (secondary N) is 1. The Bertz CT molecular complexity index is 710. The Hall–Kier alpha value is -2.22. The highest BCUT2D eigenvalue weighted by Crippen LogP contribution is 2.37. The van der Waals surface area contributed by atoms with Crippen LogP contribution in [0.1, 0.15) is 0 Å². The zero-order valence-electron chi connectivity index (χ0n) is 10.1. The number of halogens is 6. The fraction of sp³-hybridized carbons (Fsp3) is 0. The maximum Gasteiger partial charge on any atom is 0.185 e. The highest BCUT2D eigenvalue weighted by molar-refractivity contribution is 6.33. The summed E-state index contributed by atoms with van der Waals surface area (Å²) >= 11 is 5.53. The average Bonchev–Trinajstić information content (AvgIpc) is 2.42. The molecule has 112 valence electrons. The second kappa shape index (κ2) is 5.28. The van der Waals surface area contributed by atoms with Gasteiger partial charge in [-0.1, -0.05) is 11.6 Å². The lowest BCUT2D eigenvalue weighted by Crippen LogP contribution is -2.07. The molecule has 0 aliphatic heterocycles. The molecule has 21 heavy (non-hydrogen) atoms. The molecule has 0 fully saturated rings. The molecule has 0 aliphatic carbocycles. The number of rotatable bonds is 2. The van der Waals surface area contributed by atoms with Crippen molar-refractivity contribution in [3.05, 3.63) is 46.2 Å². The van der Waals surface area contributed by atoms with E-state index in [4.69, 9.17) is 23.1 Å². The van der Waals surface area contributed by atoms with Crippen LogP contribution >= 0.6 is 11.6 Å². The van der Waals surface area contributed by atoms with Crippen molar-refractivity contribution in [3.8, 4) is 0 Å². The van der Waals surface area contributed by atoms with E-state index in [2.05, 4.69) is 0 Å². The van der Waals surface area contributed by atoms with Gasteiger partial charge in [0.05, 0.1) is 17.1 Å². The maximum absolute atomic E-state index is 13.9. The van der Waals surface area contributed by atoms with E-state index < -0.39 is 45.5 Å². The second-order valence-electron chi connectivity index (χ2n) is 4.03. The second-order valence-corrected chi connectivity index (χ2v) is 4.40. The van der Waals surface area contributed by atoms with E-state index in [0.29, 0.717) is 0 Å². The third-order valence-corrected chi connectivity index (χ3v) is 3.01. The van der Waals surface area contributed by atoms with Gasteiger partial charge >= 0.3 is 0 Å². The highest BCUT2D eigenvalue weighted by Gasteiger charge is 2.22. The van der Waals surface area contributed by atoms with E-state index in [1.54, 1.807) is 0 Å². The molecule has 3 nitrogen and oxygen atoms in total. The van der Waals surface area contributed by atoms with E-state index in [-0.39, 0.29) is 17.4 Å². The molecule has 0 saturated carbocycles. The lowest BCUT2D eigenvalue weighted by Gasteiger charge is -2.14. The Morgan fingerprint density at radius 1 is 0.762 bits per heavy atom. The minimum atomic E-state index is -1.74. The van der Waals surface area contributed by atoms with Gasteiger partial charge in [0.2, 0.25) is 0 Å². The third-order valence-electron chi connectivity index (χ3n) is 2.63. The molecular formula is C12H7ClF5N3. The molecule has 0 aromatic heterocycles. The van der Waals surface area contributed by atoms with E-state index >= 15 is 0 Å².